The van der Waals surface area contributed by atoms with Gasteiger partial charge in [-0.2, -0.15) is 5.10 Å². The van der Waals surface area contributed by atoms with E-state index in [-0.39, 0.29) is 18.2 Å². The molecule has 0 aliphatic carbocycles. The molecule has 0 atom stereocenters. The first kappa shape index (κ1) is 20.9. The van der Waals surface area contributed by atoms with Crippen LogP contribution >= 0.6 is 0 Å². The zero-order valence-corrected chi connectivity index (χ0v) is 16.5. The van der Waals surface area contributed by atoms with Crippen molar-refractivity contribution in [1.29, 1.82) is 0 Å². The summed E-state index contributed by atoms with van der Waals surface area (Å²) in [5.41, 5.74) is 1.83. The molecule has 0 aromatic heterocycles. The highest BCUT2D eigenvalue weighted by molar-refractivity contribution is 6.04. The maximum atomic E-state index is 12.1. The average Bonchev–Trinajstić information content (AvgIpc) is 2.70. The number of benzene rings is 1. The molecule has 1 aliphatic rings. The number of amides is 2. The zero-order chi connectivity index (χ0) is 19.6. The van der Waals surface area contributed by atoms with Crippen molar-refractivity contribution in [2.24, 2.45) is 5.10 Å². The van der Waals surface area contributed by atoms with Gasteiger partial charge in [0, 0.05) is 32.4 Å². The fourth-order valence-corrected chi connectivity index (χ4v) is 2.96. The van der Waals surface area contributed by atoms with E-state index in [2.05, 4.69) is 29.2 Å². The van der Waals surface area contributed by atoms with E-state index in [0.717, 1.165) is 36.7 Å². The van der Waals surface area contributed by atoms with Crippen LogP contribution in [0.25, 0.3) is 0 Å². The topological polar surface area (TPSA) is 74.2 Å². The van der Waals surface area contributed by atoms with E-state index in [0.29, 0.717) is 25.9 Å². The van der Waals surface area contributed by atoms with Gasteiger partial charge in [0.25, 0.3) is 0 Å². The van der Waals surface area contributed by atoms with E-state index in [4.69, 9.17) is 4.74 Å². The Kier molecular flexibility index (Phi) is 8.26. The number of hydrazone groups is 1. The van der Waals surface area contributed by atoms with Crippen molar-refractivity contribution in [3.05, 3.63) is 29.8 Å². The molecule has 7 nitrogen and oxygen atoms in total. The second-order valence-corrected chi connectivity index (χ2v) is 6.42. The summed E-state index contributed by atoms with van der Waals surface area (Å²) in [6.45, 7) is 7.90. The first-order valence-corrected chi connectivity index (χ1v) is 9.58. The lowest BCUT2D eigenvalue weighted by Gasteiger charge is -2.23. The maximum Gasteiger partial charge on any atom is 0.243 e. The molecule has 148 valence electrons. The summed E-state index contributed by atoms with van der Waals surface area (Å²) >= 11 is 0. The van der Waals surface area contributed by atoms with Crippen molar-refractivity contribution in [3.63, 3.8) is 0 Å². The van der Waals surface area contributed by atoms with Crippen LogP contribution in [-0.4, -0.2) is 67.3 Å². The van der Waals surface area contributed by atoms with Gasteiger partial charge in [-0.1, -0.05) is 13.8 Å². The number of nitrogens with zero attached hydrogens (tertiary/aromatic N) is 3. The van der Waals surface area contributed by atoms with Gasteiger partial charge >= 0.3 is 0 Å². The van der Waals surface area contributed by atoms with Crippen LogP contribution in [0.15, 0.2) is 29.4 Å². The maximum absolute atomic E-state index is 12.1. The molecule has 0 fully saturated rings. The Morgan fingerprint density at radius 3 is 2.56 bits per heavy atom. The van der Waals surface area contributed by atoms with Crippen molar-refractivity contribution in [2.45, 2.75) is 33.1 Å². The highest BCUT2D eigenvalue weighted by Gasteiger charge is 2.21. The lowest BCUT2D eigenvalue weighted by atomic mass is 10.0. The van der Waals surface area contributed by atoms with Crippen molar-refractivity contribution < 1.29 is 14.3 Å². The van der Waals surface area contributed by atoms with Gasteiger partial charge in [-0.25, -0.2) is 5.01 Å². The van der Waals surface area contributed by atoms with Crippen molar-refractivity contribution in [3.8, 4) is 5.75 Å². The summed E-state index contributed by atoms with van der Waals surface area (Å²) in [5.74, 6) is 0.689. The molecule has 1 aliphatic heterocycles. The van der Waals surface area contributed by atoms with E-state index < -0.39 is 0 Å². The minimum absolute atomic E-state index is 0.0387. The predicted octanol–water partition coefficient (Wildman–Crippen LogP) is 1.87. The summed E-state index contributed by atoms with van der Waals surface area (Å²) in [5, 5.41) is 8.80. The fourth-order valence-electron chi connectivity index (χ4n) is 2.96. The van der Waals surface area contributed by atoms with E-state index in [9.17, 15) is 9.59 Å². The average molecular weight is 374 g/mol. The van der Waals surface area contributed by atoms with Gasteiger partial charge in [0.05, 0.1) is 19.4 Å². The molecule has 1 aromatic rings. The number of hydrogen-bond acceptors (Lipinski definition) is 5. The molecule has 0 radical (unpaired) electrons. The van der Waals surface area contributed by atoms with Gasteiger partial charge in [0.2, 0.25) is 11.8 Å². The lowest BCUT2D eigenvalue weighted by Crippen LogP contribution is -2.38. The standard InChI is InChI=1S/C20H30N4O3/c1-4-23(5-2)15-13-21-19(25)12-14-24-20(26)11-10-18(22-24)16-6-8-17(27-3)9-7-16/h6-9H,4-5,10-15H2,1-3H3,(H,21,25). The molecule has 2 rings (SSSR count). The van der Waals surface area contributed by atoms with E-state index >= 15 is 0 Å². The first-order valence-electron chi connectivity index (χ1n) is 9.58. The van der Waals surface area contributed by atoms with Gasteiger partial charge in [-0.15, -0.1) is 0 Å². The largest absolute Gasteiger partial charge is 0.497 e. The predicted molar refractivity (Wildman–Crippen MR) is 106 cm³/mol. The van der Waals surface area contributed by atoms with Gasteiger partial charge in [-0.3, -0.25) is 9.59 Å². The number of ether oxygens (including phenoxy) is 1. The van der Waals surface area contributed by atoms with Crippen molar-refractivity contribution in [1.82, 2.24) is 15.2 Å². The van der Waals surface area contributed by atoms with Crippen molar-refractivity contribution in [2.75, 3.05) is 39.8 Å². The molecule has 7 heteroatoms. The molecule has 1 N–H and O–H groups in total. The third-order valence-electron chi connectivity index (χ3n) is 4.72. The SMILES string of the molecule is CCN(CC)CCNC(=O)CCN1N=C(c2ccc(OC)cc2)CCC1=O. The lowest BCUT2D eigenvalue weighted by molar-refractivity contribution is -0.132. The summed E-state index contributed by atoms with van der Waals surface area (Å²) in [6, 6.07) is 7.63. The van der Waals surface area contributed by atoms with Crippen LogP contribution in [0, 0.1) is 0 Å². The number of hydrogen-bond donors (Lipinski definition) is 1. The first-order chi connectivity index (χ1) is 13.1. The van der Waals surface area contributed by atoms with E-state index in [1.54, 1.807) is 7.11 Å². The van der Waals surface area contributed by atoms with Crippen LogP contribution in [0.1, 0.15) is 38.7 Å². The Labute approximate surface area is 161 Å². The molecule has 1 heterocycles. The van der Waals surface area contributed by atoms with Gasteiger partial charge in [0.15, 0.2) is 0 Å². The summed E-state index contributed by atoms with van der Waals surface area (Å²) in [4.78, 5) is 26.4. The quantitative estimate of drug-likeness (QED) is 0.678. The summed E-state index contributed by atoms with van der Waals surface area (Å²) < 4.78 is 5.17. The van der Waals surface area contributed by atoms with Crippen LogP contribution in [-0.2, 0) is 9.59 Å². The van der Waals surface area contributed by atoms with Crippen LogP contribution in [0.4, 0.5) is 0 Å². The molecule has 2 amide bonds. The second kappa shape index (κ2) is 10.7. The Hall–Kier alpha value is -2.41. The Bertz CT molecular complexity index is 654. The molecule has 1 aromatic carbocycles. The van der Waals surface area contributed by atoms with Gasteiger partial charge in [-0.05, 0) is 42.9 Å². The monoisotopic (exact) mass is 374 g/mol. The molecular weight excluding hydrogens is 344 g/mol. The number of nitrogens with one attached hydrogen (secondary N) is 1. The minimum Gasteiger partial charge on any atom is -0.497 e. The summed E-state index contributed by atoms with van der Waals surface area (Å²) in [6.07, 6.45) is 1.27. The smallest absolute Gasteiger partial charge is 0.243 e. The molecule has 0 spiro atoms. The van der Waals surface area contributed by atoms with E-state index in [1.807, 2.05) is 24.3 Å². The van der Waals surface area contributed by atoms with Gasteiger partial charge in [0.1, 0.15) is 5.75 Å². The van der Waals surface area contributed by atoms with Crippen LogP contribution < -0.4 is 10.1 Å². The number of carbonyl (C=O) groups excluding carboxylic acids is 2. The van der Waals surface area contributed by atoms with Crippen LogP contribution in [0.2, 0.25) is 0 Å². The third kappa shape index (κ3) is 6.36. The zero-order valence-electron chi connectivity index (χ0n) is 16.5. The summed E-state index contributed by atoms with van der Waals surface area (Å²) in [7, 11) is 1.63. The Balaban J connectivity index is 1.86. The fraction of sp³-hybridized carbons (Fsp3) is 0.550. The molecule has 0 unspecified atom stereocenters. The molecule has 0 bridgehead atoms. The Morgan fingerprint density at radius 1 is 1.22 bits per heavy atom. The second-order valence-electron chi connectivity index (χ2n) is 6.42. The van der Waals surface area contributed by atoms with Crippen molar-refractivity contribution >= 4 is 17.5 Å². The normalized spacial score (nSPS) is 14.3. The number of methoxy groups -OCH3 is 1. The number of likely N-dealkylation sites (N-methyl/N-ethyl adjacent to an activating group) is 1. The number of rotatable bonds is 10. The third-order valence-corrected chi connectivity index (χ3v) is 4.72. The van der Waals surface area contributed by atoms with E-state index in [1.165, 1.54) is 5.01 Å². The highest BCUT2D eigenvalue weighted by Crippen LogP contribution is 2.18. The molecule has 0 saturated heterocycles. The van der Waals surface area contributed by atoms with Gasteiger partial charge < -0.3 is 15.0 Å². The Morgan fingerprint density at radius 2 is 1.93 bits per heavy atom. The molecule has 27 heavy (non-hydrogen) atoms. The molecular formula is C20H30N4O3. The van der Waals surface area contributed by atoms with Crippen LogP contribution in [0.3, 0.4) is 0 Å². The molecule has 0 saturated carbocycles. The number of carbonyl (C=O) groups is 2. The minimum atomic E-state index is -0.0540. The highest BCUT2D eigenvalue weighted by atomic mass is 16.5. The van der Waals surface area contributed by atoms with Crippen LogP contribution in [0.5, 0.6) is 5.75 Å².